The Morgan fingerprint density at radius 3 is 2.55 bits per heavy atom. The lowest BCUT2D eigenvalue weighted by Crippen LogP contribution is -2.36. The number of nitrogens with one attached hydrogen (secondary N) is 2. The fourth-order valence-corrected chi connectivity index (χ4v) is 3.84. The molecule has 2 N–H and O–H groups in total. The maximum absolute atomic E-state index is 12.4. The van der Waals surface area contributed by atoms with Crippen molar-refractivity contribution in [1.29, 1.82) is 0 Å². The van der Waals surface area contributed by atoms with Crippen LogP contribution in [0, 0.1) is 0 Å². The Morgan fingerprint density at radius 1 is 1.03 bits per heavy atom. The van der Waals surface area contributed by atoms with Crippen LogP contribution in [-0.2, 0) is 11.3 Å². The summed E-state index contributed by atoms with van der Waals surface area (Å²) in [6.07, 6.45) is 2.96. The van der Waals surface area contributed by atoms with Crippen LogP contribution in [-0.4, -0.2) is 65.5 Å². The van der Waals surface area contributed by atoms with Crippen molar-refractivity contribution in [1.82, 2.24) is 19.8 Å². The highest BCUT2D eigenvalue weighted by atomic mass is 16.5. The second-order valence-electron chi connectivity index (χ2n) is 7.81. The van der Waals surface area contributed by atoms with Crippen LogP contribution >= 0.6 is 0 Å². The molecule has 3 aromatic rings. The Labute approximate surface area is 183 Å². The van der Waals surface area contributed by atoms with E-state index < -0.39 is 0 Å². The van der Waals surface area contributed by atoms with Gasteiger partial charge in [-0.05, 0) is 43.8 Å². The van der Waals surface area contributed by atoms with Gasteiger partial charge in [0.2, 0.25) is 5.91 Å². The largest absolute Gasteiger partial charge is 0.497 e. The molecular formula is C24H29N5O2. The standard InChI is InChI=1S/C24H29N5O2/c1-31-22-10-8-20(9-11-22)26-23(30)18-29-13-5-12-28(14-15-29)17-21-16-25-24(27-21)19-6-3-2-4-7-19/h2-4,6-11,16H,5,12-15,17-18H2,1H3,(H,25,27)(H,26,30). The summed E-state index contributed by atoms with van der Waals surface area (Å²) >= 11 is 0. The van der Waals surface area contributed by atoms with Crippen LogP contribution in [0.4, 0.5) is 5.69 Å². The van der Waals surface area contributed by atoms with Crippen LogP contribution in [0.15, 0.2) is 60.8 Å². The van der Waals surface area contributed by atoms with Crippen molar-refractivity contribution in [2.24, 2.45) is 0 Å². The average molecular weight is 420 g/mol. The topological polar surface area (TPSA) is 73.5 Å². The van der Waals surface area contributed by atoms with Gasteiger partial charge in [0.25, 0.3) is 0 Å². The van der Waals surface area contributed by atoms with Gasteiger partial charge in [0.1, 0.15) is 11.6 Å². The number of hydrogen-bond donors (Lipinski definition) is 2. The molecule has 2 heterocycles. The minimum atomic E-state index is 0.0136. The van der Waals surface area contributed by atoms with E-state index in [9.17, 15) is 4.79 Å². The summed E-state index contributed by atoms with van der Waals surface area (Å²) in [6, 6.07) is 17.6. The molecule has 1 aliphatic rings. The second kappa shape index (κ2) is 10.2. The van der Waals surface area contributed by atoms with E-state index >= 15 is 0 Å². The van der Waals surface area contributed by atoms with E-state index in [0.29, 0.717) is 6.54 Å². The summed E-state index contributed by atoms with van der Waals surface area (Å²) in [5.74, 6) is 1.70. The fourth-order valence-electron chi connectivity index (χ4n) is 3.84. The van der Waals surface area contributed by atoms with Crippen LogP contribution in [0.3, 0.4) is 0 Å². The summed E-state index contributed by atoms with van der Waals surface area (Å²) < 4.78 is 5.15. The minimum absolute atomic E-state index is 0.0136. The molecular weight excluding hydrogens is 390 g/mol. The zero-order valence-electron chi connectivity index (χ0n) is 17.9. The highest BCUT2D eigenvalue weighted by molar-refractivity contribution is 5.92. The molecule has 31 heavy (non-hydrogen) atoms. The Kier molecular flexibility index (Phi) is 6.96. The Bertz CT molecular complexity index is 971. The molecule has 1 fully saturated rings. The average Bonchev–Trinajstić information content (AvgIpc) is 3.16. The maximum Gasteiger partial charge on any atom is 0.238 e. The normalized spacial score (nSPS) is 15.4. The third kappa shape index (κ3) is 5.93. The van der Waals surface area contributed by atoms with Gasteiger partial charge in [-0.25, -0.2) is 4.98 Å². The highest BCUT2D eigenvalue weighted by Gasteiger charge is 2.18. The number of carbonyl (C=O) groups is 1. The number of imidazole rings is 1. The first-order valence-corrected chi connectivity index (χ1v) is 10.7. The number of H-pyrrole nitrogens is 1. The van der Waals surface area contributed by atoms with Gasteiger partial charge in [0.15, 0.2) is 0 Å². The molecule has 1 amide bonds. The molecule has 7 heteroatoms. The van der Waals surface area contributed by atoms with Gasteiger partial charge in [-0.1, -0.05) is 30.3 Å². The van der Waals surface area contributed by atoms with Gasteiger partial charge in [0, 0.05) is 42.8 Å². The molecule has 0 saturated carbocycles. The first kappa shape index (κ1) is 21.1. The smallest absolute Gasteiger partial charge is 0.238 e. The number of amides is 1. The highest BCUT2D eigenvalue weighted by Crippen LogP contribution is 2.17. The van der Waals surface area contributed by atoms with Crippen LogP contribution in [0.2, 0.25) is 0 Å². The van der Waals surface area contributed by atoms with Crippen molar-refractivity contribution in [2.75, 3.05) is 45.2 Å². The lowest BCUT2D eigenvalue weighted by molar-refractivity contribution is -0.117. The number of methoxy groups -OCH3 is 1. The van der Waals surface area contributed by atoms with E-state index in [4.69, 9.17) is 4.74 Å². The molecule has 0 aliphatic carbocycles. The third-order valence-electron chi connectivity index (χ3n) is 5.49. The number of aromatic nitrogens is 2. The van der Waals surface area contributed by atoms with Crippen molar-refractivity contribution in [3.8, 4) is 17.1 Å². The molecule has 1 aliphatic heterocycles. The van der Waals surface area contributed by atoms with E-state index in [1.807, 2.05) is 48.7 Å². The van der Waals surface area contributed by atoms with Crippen LogP contribution in [0.5, 0.6) is 5.75 Å². The first-order chi connectivity index (χ1) is 15.2. The first-order valence-electron chi connectivity index (χ1n) is 10.7. The van der Waals surface area contributed by atoms with Crippen LogP contribution in [0.1, 0.15) is 12.1 Å². The van der Waals surface area contributed by atoms with Crippen molar-refractivity contribution in [3.63, 3.8) is 0 Å². The molecule has 0 spiro atoms. The third-order valence-corrected chi connectivity index (χ3v) is 5.49. The van der Waals surface area contributed by atoms with Gasteiger partial charge in [0.05, 0.1) is 13.7 Å². The molecule has 0 atom stereocenters. The van der Waals surface area contributed by atoms with Gasteiger partial charge >= 0.3 is 0 Å². The summed E-state index contributed by atoms with van der Waals surface area (Å²) in [6.45, 7) is 4.97. The number of hydrogen-bond acceptors (Lipinski definition) is 5. The van der Waals surface area contributed by atoms with Crippen molar-refractivity contribution < 1.29 is 9.53 Å². The number of aromatic amines is 1. The predicted molar refractivity (Wildman–Crippen MR) is 122 cm³/mol. The lowest BCUT2D eigenvalue weighted by Gasteiger charge is -2.21. The maximum atomic E-state index is 12.4. The number of benzene rings is 2. The van der Waals surface area contributed by atoms with Gasteiger partial charge < -0.3 is 15.0 Å². The van der Waals surface area contributed by atoms with Crippen molar-refractivity contribution >= 4 is 11.6 Å². The van der Waals surface area contributed by atoms with E-state index in [0.717, 1.165) is 67.7 Å². The fraction of sp³-hybridized carbons (Fsp3) is 0.333. The van der Waals surface area contributed by atoms with Crippen LogP contribution < -0.4 is 10.1 Å². The monoisotopic (exact) mass is 419 g/mol. The summed E-state index contributed by atoms with van der Waals surface area (Å²) in [4.78, 5) is 25.1. The molecule has 0 bridgehead atoms. The molecule has 162 valence electrons. The molecule has 7 nitrogen and oxygen atoms in total. The number of carbonyl (C=O) groups excluding carboxylic acids is 1. The summed E-state index contributed by atoms with van der Waals surface area (Å²) in [7, 11) is 1.63. The molecule has 1 saturated heterocycles. The van der Waals surface area contributed by atoms with Crippen LogP contribution in [0.25, 0.3) is 11.4 Å². The predicted octanol–water partition coefficient (Wildman–Crippen LogP) is 3.23. The summed E-state index contributed by atoms with van der Waals surface area (Å²) in [5, 5.41) is 2.97. The van der Waals surface area contributed by atoms with Crippen molar-refractivity contribution in [3.05, 3.63) is 66.5 Å². The van der Waals surface area contributed by atoms with Gasteiger partial charge in [-0.2, -0.15) is 0 Å². The Morgan fingerprint density at radius 2 is 1.77 bits per heavy atom. The quantitative estimate of drug-likeness (QED) is 0.615. The van der Waals surface area contributed by atoms with Crippen molar-refractivity contribution in [2.45, 2.75) is 13.0 Å². The summed E-state index contributed by atoms with van der Waals surface area (Å²) in [5.41, 5.74) is 3.00. The zero-order valence-corrected chi connectivity index (χ0v) is 17.9. The zero-order chi connectivity index (χ0) is 21.5. The number of ether oxygens (including phenoxy) is 1. The molecule has 2 aromatic carbocycles. The molecule has 0 radical (unpaired) electrons. The Balaban J connectivity index is 1.25. The molecule has 0 unspecified atom stereocenters. The van der Waals surface area contributed by atoms with E-state index in [-0.39, 0.29) is 5.91 Å². The molecule has 1 aromatic heterocycles. The second-order valence-corrected chi connectivity index (χ2v) is 7.81. The van der Waals surface area contributed by atoms with E-state index in [1.165, 1.54) is 0 Å². The Hall–Kier alpha value is -3.16. The van der Waals surface area contributed by atoms with E-state index in [1.54, 1.807) is 7.11 Å². The number of anilines is 1. The number of nitrogens with zero attached hydrogens (tertiary/aromatic N) is 3. The SMILES string of the molecule is COc1ccc(NC(=O)CN2CCCN(Cc3cnc(-c4ccccc4)[nH]3)CC2)cc1. The van der Waals surface area contributed by atoms with Gasteiger partial charge in [-0.3, -0.25) is 14.6 Å². The lowest BCUT2D eigenvalue weighted by atomic mass is 10.2. The minimum Gasteiger partial charge on any atom is -0.497 e. The van der Waals surface area contributed by atoms with Gasteiger partial charge in [-0.15, -0.1) is 0 Å². The van der Waals surface area contributed by atoms with E-state index in [2.05, 4.69) is 37.2 Å². The number of rotatable bonds is 7. The molecule has 4 rings (SSSR count).